The molecule has 0 saturated carbocycles. The third-order valence-electron chi connectivity index (χ3n) is 1.65. The maximum atomic E-state index is 12.3. The monoisotopic (exact) mass is 225 g/mol. The number of rotatable bonds is 1. The molecule has 0 aliphatic carbocycles. The zero-order chi connectivity index (χ0) is 10.9. The highest BCUT2D eigenvalue weighted by Crippen LogP contribution is 2.37. The summed E-state index contributed by atoms with van der Waals surface area (Å²) in [6, 6.07) is 1.94. The topological polar surface area (TPSA) is 46.2 Å². The van der Waals surface area contributed by atoms with E-state index in [2.05, 4.69) is 0 Å². The molecule has 0 unspecified atom stereocenters. The molecule has 0 atom stereocenters. The zero-order valence-electron chi connectivity index (χ0n) is 6.90. The van der Waals surface area contributed by atoms with Crippen molar-refractivity contribution in [1.29, 1.82) is 0 Å². The molecule has 0 saturated heterocycles. The van der Waals surface area contributed by atoms with Crippen LogP contribution in [-0.4, -0.2) is 5.11 Å². The molecule has 2 nitrogen and oxygen atoms in total. The highest BCUT2D eigenvalue weighted by Gasteiger charge is 2.34. The number of anilines is 1. The molecule has 0 fully saturated rings. The summed E-state index contributed by atoms with van der Waals surface area (Å²) in [5.74, 6) is 0. The molecular weight excluding hydrogens is 219 g/mol. The predicted octanol–water partition coefficient (Wildman–Crippen LogP) is 2.43. The Morgan fingerprint density at radius 1 is 1.36 bits per heavy atom. The first kappa shape index (κ1) is 11.1. The fourth-order valence-electron chi connectivity index (χ4n) is 1.03. The largest absolute Gasteiger partial charge is 0.417 e. The van der Waals surface area contributed by atoms with Crippen LogP contribution in [0.1, 0.15) is 11.1 Å². The summed E-state index contributed by atoms with van der Waals surface area (Å²) in [5.41, 5.74) is 4.10. The number of hydrogen-bond donors (Lipinski definition) is 2. The lowest BCUT2D eigenvalue weighted by Gasteiger charge is -2.12. The summed E-state index contributed by atoms with van der Waals surface area (Å²) in [7, 11) is 0. The van der Waals surface area contributed by atoms with Crippen molar-refractivity contribution in [3.8, 4) is 0 Å². The Labute approximate surface area is 83.1 Å². The van der Waals surface area contributed by atoms with E-state index >= 15 is 0 Å². The summed E-state index contributed by atoms with van der Waals surface area (Å²) in [6.45, 7) is -0.576. The van der Waals surface area contributed by atoms with Gasteiger partial charge >= 0.3 is 6.18 Å². The van der Waals surface area contributed by atoms with Gasteiger partial charge in [0, 0.05) is 5.69 Å². The fraction of sp³-hybridized carbons (Fsp3) is 0.250. The van der Waals surface area contributed by atoms with Crippen LogP contribution >= 0.6 is 11.6 Å². The Bertz CT molecular complexity index is 351. The molecule has 6 heteroatoms. The van der Waals surface area contributed by atoms with Crippen LogP contribution in [0.25, 0.3) is 0 Å². The van der Waals surface area contributed by atoms with Crippen LogP contribution < -0.4 is 5.73 Å². The minimum atomic E-state index is -4.56. The maximum absolute atomic E-state index is 12.3. The predicted molar refractivity (Wildman–Crippen MR) is 46.8 cm³/mol. The van der Waals surface area contributed by atoms with Crippen molar-refractivity contribution in [2.24, 2.45) is 0 Å². The second-order valence-corrected chi connectivity index (χ2v) is 3.08. The number of halogens is 4. The van der Waals surface area contributed by atoms with Crippen molar-refractivity contribution in [3.05, 3.63) is 28.3 Å². The summed E-state index contributed by atoms with van der Waals surface area (Å²) in [5, 5.41) is 8.22. The Balaban J connectivity index is 3.37. The van der Waals surface area contributed by atoms with E-state index in [4.69, 9.17) is 22.4 Å². The third kappa shape index (κ3) is 2.10. The van der Waals surface area contributed by atoms with Gasteiger partial charge in [0.2, 0.25) is 0 Å². The Morgan fingerprint density at radius 3 is 2.36 bits per heavy atom. The minimum absolute atomic E-state index is 0.0287. The number of alkyl halides is 3. The molecule has 1 aromatic carbocycles. The van der Waals surface area contributed by atoms with Gasteiger partial charge in [0.15, 0.2) is 0 Å². The van der Waals surface area contributed by atoms with Gasteiger partial charge < -0.3 is 10.8 Å². The second kappa shape index (κ2) is 3.67. The molecule has 0 spiro atoms. The van der Waals surface area contributed by atoms with Gasteiger partial charge in [0.05, 0.1) is 17.2 Å². The molecule has 0 radical (unpaired) electrons. The molecular formula is C8H7ClF3NO. The summed E-state index contributed by atoms with van der Waals surface area (Å²) in [6.07, 6.45) is -4.56. The number of aliphatic hydroxyl groups excluding tert-OH is 1. The maximum Gasteiger partial charge on any atom is 0.417 e. The van der Waals surface area contributed by atoms with Crippen LogP contribution in [0.5, 0.6) is 0 Å². The van der Waals surface area contributed by atoms with Gasteiger partial charge in [-0.1, -0.05) is 11.6 Å². The van der Waals surface area contributed by atoms with Gasteiger partial charge in [-0.3, -0.25) is 0 Å². The normalized spacial score (nSPS) is 11.8. The summed E-state index contributed by atoms with van der Waals surface area (Å²) >= 11 is 5.43. The number of hydrogen-bond acceptors (Lipinski definition) is 2. The lowest BCUT2D eigenvalue weighted by atomic mass is 10.1. The van der Waals surface area contributed by atoms with E-state index in [0.29, 0.717) is 0 Å². The van der Waals surface area contributed by atoms with Gasteiger partial charge in [0.1, 0.15) is 0 Å². The molecule has 1 aromatic rings. The Hall–Kier alpha value is -0.940. The van der Waals surface area contributed by atoms with Gasteiger partial charge in [0.25, 0.3) is 0 Å². The van der Waals surface area contributed by atoms with E-state index in [-0.39, 0.29) is 11.3 Å². The first-order valence-electron chi connectivity index (χ1n) is 3.62. The minimum Gasteiger partial charge on any atom is -0.399 e. The zero-order valence-corrected chi connectivity index (χ0v) is 7.65. The van der Waals surface area contributed by atoms with E-state index in [9.17, 15) is 13.2 Å². The molecule has 0 amide bonds. The standard InChI is InChI=1S/C8H7ClF3NO/c9-7-4(3-14)1-5(13)2-6(7)8(10,11)12/h1-2,14H,3,13H2. The van der Waals surface area contributed by atoms with Crippen LogP contribution in [0.3, 0.4) is 0 Å². The average Bonchev–Trinajstić information content (AvgIpc) is 2.06. The van der Waals surface area contributed by atoms with Gasteiger partial charge in [-0.25, -0.2) is 0 Å². The Kier molecular flexibility index (Phi) is 2.92. The SMILES string of the molecule is Nc1cc(CO)c(Cl)c(C(F)(F)F)c1. The van der Waals surface area contributed by atoms with Gasteiger partial charge in [-0.2, -0.15) is 13.2 Å². The first-order valence-corrected chi connectivity index (χ1v) is 4.00. The Morgan fingerprint density at radius 2 is 1.93 bits per heavy atom. The third-order valence-corrected chi connectivity index (χ3v) is 2.09. The molecule has 0 heterocycles. The fourth-order valence-corrected chi connectivity index (χ4v) is 1.31. The van der Waals surface area contributed by atoms with Crippen molar-refractivity contribution in [2.75, 3.05) is 5.73 Å². The molecule has 3 N–H and O–H groups in total. The van der Waals surface area contributed by atoms with Crippen LogP contribution in [0, 0.1) is 0 Å². The highest BCUT2D eigenvalue weighted by atomic mass is 35.5. The molecule has 1 rings (SSSR count). The summed E-state index contributed by atoms with van der Waals surface area (Å²) in [4.78, 5) is 0. The van der Waals surface area contributed by atoms with Crippen molar-refractivity contribution < 1.29 is 18.3 Å². The average molecular weight is 226 g/mol. The quantitative estimate of drug-likeness (QED) is 0.721. The van der Waals surface area contributed by atoms with E-state index in [1.54, 1.807) is 0 Å². The van der Waals surface area contributed by atoms with E-state index in [0.717, 1.165) is 6.07 Å². The number of nitrogen functional groups attached to an aromatic ring is 1. The molecule has 0 bridgehead atoms. The molecule has 78 valence electrons. The molecule has 0 aliphatic heterocycles. The number of benzene rings is 1. The van der Waals surface area contributed by atoms with E-state index in [1.165, 1.54) is 6.07 Å². The van der Waals surface area contributed by atoms with Gasteiger partial charge in [-0.05, 0) is 17.7 Å². The first-order chi connectivity index (χ1) is 6.36. The van der Waals surface area contributed by atoms with Gasteiger partial charge in [-0.15, -0.1) is 0 Å². The number of nitrogens with two attached hydrogens (primary N) is 1. The van der Waals surface area contributed by atoms with Crippen molar-refractivity contribution in [1.82, 2.24) is 0 Å². The lowest BCUT2D eigenvalue weighted by Crippen LogP contribution is -2.08. The summed E-state index contributed by atoms with van der Waals surface area (Å²) < 4.78 is 37.0. The van der Waals surface area contributed by atoms with Crippen molar-refractivity contribution in [2.45, 2.75) is 12.8 Å². The van der Waals surface area contributed by atoms with Crippen LogP contribution in [-0.2, 0) is 12.8 Å². The molecule has 0 aromatic heterocycles. The van der Waals surface area contributed by atoms with Crippen molar-refractivity contribution >= 4 is 17.3 Å². The molecule has 0 aliphatic rings. The van der Waals surface area contributed by atoms with Crippen LogP contribution in [0.4, 0.5) is 18.9 Å². The van der Waals surface area contributed by atoms with Crippen LogP contribution in [0.2, 0.25) is 5.02 Å². The highest BCUT2D eigenvalue weighted by molar-refractivity contribution is 6.32. The molecule has 14 heavy (non-hydrogen) atoms. The number of aliphatic hydroxyl groups is 1. The lowest BCUT2D eigenvalue weighted by molar-refractivity contribution is -0.137. The second-order valence-electron chi connectivity index (χ2n) is 2.70. The van der Waals surface area contributed by atoms with Crippen molar-refractivity contribution in [3.63, 3.8) is 0 Å². The smallest absolute Gasteiger partial charge is 0.399 e. The van der Waals surface area contributed by atoms with Crippen LogP contribution in [0.15, 0.2) is 12.1 Å². The van der Waals surface area contributed by atoms with E-state index < -0.39 is 23.4 Å². The van der Waals surface area contributed by atoms with E-state index in [1.807, 2.05) is 0 Å².